The molecule has 0 saturated carbocycles. The maximum atomic E-state index is 12.7. The number of hydrogen-bond acceptors (Lipinski definition) is 5. The van der Waals surface area contributed by atoms with Gasteiger partial charge in [-0.25, -0.2) is 0 Å². The van der Waals surface area contributed by atoms with Crippen molar-refractivity contribution in [2.75, 3.05) is 7.11 Å². The Kier molecular flexibility index (Phi) is 23.8. The van der Waals surface area contributed by atoms with Gasteiger partial charge in [-0.1, -0.05) is 227 Å². The van der Waals surface area contributed by atoms with Gasteiger partial charge in [-0.3, -0.25) is 4.79 Å². The van der Waals surface area contributed by atoms with Gasteiger partial charge >= 0.3 is 0 Å². The Morgan fingerprint density at radius 3 is 0.907 bits per heavy atom. The molecule has 19 aromatic rings. The van der Waals surface area contributed by atoms with Gasteiger partial charge in [-0.2, -0.15) is 0 Å². The second kappa shape index (κ2) is 36.0. The summed E-state index contributed by atoms with van der Waals surface area (Å²) in [5.41, 5.74) is 3.06. The Hall–Kier alpha value is -12.4. The Bertz CT molecular complexity index is 6540. The molecule has 0 amide bonds. The van der Waals surface area contributed by atoms with Gasteiger partial charge in [0.25, 0.3) is 0 Å². The van der Waals surface area contributed by atoms with E-state index in [4.69, 9.17) is 18.9 Å². The highest BCUT2D eigenvalue weighted by atomic mass is 32.2. The molecule has 3 aromatic heterocycles. The van der Waals surface area contributed by atoms with Crippen LogP contribution in [0.3, 0.4) is 0 Å². The molecular weight excluding hydrogens is 1560 g/mol. The predicted molar refractivity (Wildman–Crippen MR) is 502 cm³/mol. The topological polar surface area (TPSA) is 54.0 Å². The van der Waals surface area contributed by atoms with Crippen molar-refractivity contribution in [2.24, 2.45) is 0 Å². The number of para-hydroxylation sites is 6. The van der Waals surface area contributed by atoms with Crippen molar-refractivity contribution < 1.29 is 18.9 Å². The summed E-state index contributed by atoms with van der Waals surface area (Å²) in [5.74, 6) is 6.65. The van der Waals surface area contributed by atoms with Crippen LogP contribution in [0.1, 0.15) is 31.9 Å². The fourth-order valence-corrected chi connectivity index (χ4v) is 27.3. The zero-order valence-corrected chi connectivity index (χ0v) is 70.9. The van der Waals surface area contributed by atoms with E-state index in [9.17, 15) is 4.79 Å². The highest BCUT2D eigenvalue weighted by Crippen LogP contribution is 2.51. The minimum atomic E-state index is -0.199. The van der Waals surface area contributed by atoms with Crippen LogP contribution in [0.2, 0.25) is 0 Å². The fraction of sp³-hybridized carbons (Fsp3) is 0.0561. The minimum Gasteiger partial charge on any atom is -0.497 e. The Labute approximate surface area is 707 Å². The van der Waals surface area contributed by atoms with Crippen LogP contribution in [0.5, 0.6) is 40.2 Å². The van der Waals surface area contributed by atoms with Gasteiger partial charge in [0, 0.05) is 54.3 Å². The van der Waals surface area contributed by atoms with Crippen LogP contribution in [0.4, 0.5) is 0 Å². The molecule has 16 aromatic carbocycles. The summed E-state index contributed by atoms with van der Waals surface area (Å²) in [4.78, 5) is 28.2. The molecule has 574 valence electrons. The molecule has 0 bridgehead atoms. The second-order valence-corrected chi connectivity index (χ2v) is 40.7. The Morgan fingerprint density at radius 2 is 0.542 bits per heavy atom. The smallest absolute Gasteiger partial charge is 0.209 e. The molecule has 118 heavy (non-hydrogen) atoms. The number of thiophene rings is 2. The predicted octanol–water partition coefficient (Wildman–Crippen LogP) is 30.5. The standard InChI is InChI=1S/C19H15O2S.C19H15OS.C19H13OS.C18H13OS.C18H19S.C14H11S/c1-20-14-10-12-15(13-11-14)22-18-8-4-2-6-16(18)21-17-7-3-5-9-19(17)22;1-14-10-12-15(13-11-14)21-18-8-4-2-6-16(18)20-17-7-3-5-9-19(17)21;20-19-15-10-4-6-12-17(15)21(14-8-2-1-3-9-14)18-13-7-5-11-16(18)19;1-2-8-14(9-3-1)20-17-12-6-4-10-15(17)19-16-11-5-7-13-18(16)20;1-18(2,3)15-8-10-16(11-9-15)19-13-12-14-6-4-5-7-17(14)19;1-2-7-13(8-3-1)15-11-10-12-6-4-5-9-14(12)15/h2-13H,1H3;2-13H,1H3;1-13H;1-13H;4-13H,1-3H3;1-11H/q6*+1. The molecule has 2 unspecified atom stereocenters. The van der Waals surface area contributed by atoms with Gasteiger partial charge in [0.2, 0.25) is 34.8 Å². The zero-order valence-electron chi connectivity index (χ0n) is 66.0. The van der Waals surface area contributed by atoms with Gasteiger partial charge in [0.05, 0.1) is 17.9 Å². The van der Waals surface area contributed by atoms with Crippen LogP contribution in [0.25, 0.3) is 55.0 Å². The second-order valence-electron chi connectivity index (χ2n) is 29.1. The lowest BCUT2D eigenvalue weighted by Gasteiger charge is -2.19. The molecule has 0 N–H and O–H groups in total. The van der Waals surface area contributed by atoms with E-state index < -0.39 is 0 Å². The van der Waals surface area contributed by atoms with E-state index in [1.54, 1.807) is 7.11 Å². The van der Waals surface area contributed by atoms with Crippen molar-refractivity contribution in [3.63, 3.8) is 0 Å². The highest BCUT2D eigenvalue weighted by molar-refractivity contribution is 7.98. The maximum absolute atomic E-state index is 12.7. The number of hydrogen-bond donors (Lipinski definition) is 0. The monoisotopic (exact) mass is 1640 g/mol. The fourth-order valence-electron chi connectivity index (χ4n) is 14.5. The SMILES string of the molecule is CC(C)(C)c1ccc(-[s+]2ccc3ccccc32)cc1.COc1ccc([S+]2c3ccccc3Oc3ccccc32)cc1.Cc1ccc([S+]2c3ccccc3Oc3ccccc32)cc1.O=c1c2ccccc2[s+](-c2ccccc2)c2ccccc12.c1ccc(-[s+]2ccc3ccccc32)cc1.c1ccc([S+]2c3ccccc3Oc3ccccc32)cc1. The van der Waals surface area contributed by atoms with Crippen molar-refractivity contribution in [1.82, 2.24) is 0 Å². The number of aryl methyl sites for hydroxylation is 1. The van der Waals surface area contributed by atoms with Crippen LogP contribution < -0.4 is 24.4 Å². The normalized spacial score (nSPS) is 12.6. The van der Waals surface area contributed by atoms with E-state index in [0.29, 0.717) is 0 Å². The van der Waals surface area contributed by atoms with Gasteiger partial charge in [0.15, 0.2) is 82.7 Å². The molecule has 22 rings (SSSR count). The average Bonchev–Trinajstić information content (AvgIpc) is 0.882. The van der Waals surface area contributed by atoms with Crippen LogP contribution in [0, 0.1) is 6.92 Å². The molecule has 11 heteroatoms. The first-order valence-electron chi connectivity index (χ1n) is 39.2. The molecule has 3 aliphatic heterocycles. The number of ether oxygens (including phenoxy) is 4. The van der Waals surface area contributed by atoms with Gasteiger partial charge in [-0.05, 0) is 224 Å². The van der Waals surface area contributed by atoms with E-state index in [1.165, 1.54) is 90.0 Å². The summed E-state index contributed by atoms with van der Waals surface area (Å²) in [5, 5.41) is 9.04. The van der Waals surface area contributed by atoms with E-state index >= 15 is 0 Å². The largest absolute Gasteiger partial charge is 0.497 e. The molecule has 5 nitrogen and oxygen atoms in total. The van der Waals surface area contributed by atoms with E-state index in [-0.39, 0.29) is 74.9 Å². The molecule has 0 spiro atoms. The highest BCUT2D eigenvalue weighted by Gasteiger charge is 2.42. The summed E-state index contributed by atoms with van der Waals surface area (Å²) in [6, 6.07) is 146. The summed E-state index contributed by atoms with van der Waals surface area (Å²) in [6.07, 6.45) is 0. The molecule has 0 aliphatic carbocycles. The van der Waals surface area contributed by atoms with Gasteiger partial charge in [0.1, 0.15) is 49.2 Å². The van der Waals surface area contributed by atoms with Crippen molar-refractivity contribution >= 4 is 104 Å². The van der Waals surface area contributed by atoms with E-state index in [1.807, 2.05) is 115 Å². The first kappa shape index (κ1) is 78.1. The van der Waals surface area contributed by atoms with Crippen LogP contribution in [-0.2, 0) is 38.1 Å². The number of rotatable bonds is 7. The van der Waals surface area contributed by atoms with Crippen LogP contribution >= 0.6 is 31.4 Å². The molecule has 6 heterocycles. The lowest BCUT2D eigenvalue weighted by atomic mass is 9.87. The summed E-state index contributed by atoms with van der Waals surface area (Å²) in [7, 11) is 1.44. The quantitative estimate of drug-likeness (QED) is 0.118. The van der Waals surface area contributed by atoms with Gasteiger partial charge in [-0.15, -0.1) is 0 Å². The summed E-state index contributed by atoms with van der Waals surface area (Å²) >= 11 is 0. The average molecular weight is 1640 g/mol. The number of benzene rings is 16. The maximum Gasteiger partial charge on any atom is 0.209 e. The summed E-state index contributed by atoms with van der Waals surface area (Å²) in [6.45, 7) is 8.90. The third-order valence-electron chi connectivity index (χ3n) is 20.3. The zero-order chi connectivity index (χ0) is 80.3. The van der Waals surface area contributed by atoms with Crippen molar-refractivity contribution in [3.05, 3.63) is 451 Å². The molecule has 0 fully saturated rings. The first-order valence-corrected chi connectivity index (χ1v) is 46.7. The van der Waals surface area contributed by atoms with Crippen molar-refractivity contribution in [3.8, 4) is 54.9 Å². The molecule has 0 saturated heterocycles. The molecular formula is C107H86O5S6+6. The first-order chi connectivity index (χ1) is 58.0. The minimum absolute atomic E-state index is 0.0829. The lowest BCUT2D eigenvalue weighted by Crippen LogP contribution is -2.12. The Balaban J connectivity index is 0.000000102. The van der Waals surface area contributed by atoms with E-state index in [2.05, 4.69) is 342 Å². The summed E-state index contributed by atoms with van der Waals surface area (Å²) < 4.78 is 28.6. The molecule has 0 radical (unpaired) electrons. The van der Waals surface area contributed by atoms with Gasteiger partial charge < -0.3 is 18.9 Å². The van der Waals surface area contributed by atoms with Crippen molar-refractivity contribution in [1.29, 1.82) is 0 Å². The van der Waals surface area contributed by atoms with E-state index in [0.717, 1.165) is 60.4 Å². The lowest BCUT2D eigenvalue weighted by molar-refractivity contribution is 0.414. The number of methoxy groups -OCH3 is 1. The molecule has 3 aliphatic rings. The number of fused-ring (bicyclic) bond motifs is 10. The third kappa shape index (κ3) is 17.0. The van der Waals surface area contributed by atoms with Crippen LogP contribution in [-0.4, -0.2) is 7.11 Å². The third-order valence-corrected chi connectivity index (χ3v) is 33.6. The van der Waals surface area contributed by atoms with Crippen LogP contribution in [0.15, 0.2) is 478 Å². The Morgan fingerprint density at radius 1 is 0.263 bits per heavy atom. The molecule has 2 atom stereocenters. The van der Waals surface area contributed by atoms with Crippen molar-refractivity contribution in [2.45, 2.75) is 77.2 Å².